The van der Waals surface area contributed by atoms with Gasteiger partial charge in [-0.25, -0.2) is 9.98 Å². The molecule has 5 heteroatoms. The van der Waals surface area contributed by atoms with Crippen LogP contribution in [0.5, 0.6) is 0 Å². The van der Waals surface area contributed by atoms with Gasteiger partial charge in [-0.1, -0.05) is 12.1 Å². The fraction of sp³-hybridized carbons (Fsp3) is 0.207. The van der Waals surface area contributed by atoms with Gasteiger partial charge in [0.25, 0.3) is 5.91 Å². The first kappa shape index (κ1) is 21.0. The Morgan fingerprint density at radius 3 is 2.41 bits per heavy atom. The molecule has 4 nitrogen and oxygen atoms in total. The van der Waals surface area contributed by atoms with Crippen molar-refractivity contribution >= 4 is 50.1 Å². The lowest BCUT2D eigenvalue weighted by Crippen LogP contribution is -2.47. The Hall–Kier alpha value is -3.57. The molecule has 0 aliphatic carbocycles. The van der Waals surface area contributed by atoms with Gasteiger partial charge in [-0.3, -0.25) is 9.69 Å². The summed E-state index contributed by atoms with van der Waals surface area (Å²) in [6, 6.07) is 18.6. The van der Waals surface area contributed by atoms with Crippen molar-refractivity contribution in [2.45, 2.75) is 40.2 Å². The lowest BCUT2D eigenvalue weighted by molar-refractivity contribution is -0.112. The van der Waals surface area contributed by atoms with Crippen molar-refractivity contribution in [1.82, 2.24) is 4.98 Å². The molecule has 4 aromatic rings. The lowest BCUT2D eigenvalue weighted by atomic mass is 9.88. The fourth-order valence-electron chi connectivity index (χ4n) is 5.12. The van der Waals surface area contributed by atoms with E-state index in [0.717, 1.165) is 44.2 Å². The predicted molar refractivity (Wildman–Crippen MR) is 142 cm³/mol. The number of thiazole rings is 1. The van der Waals surface area contributed by atoms with Crippen LogP contribution in [0.3, 0.4) is 0 Å². The average Bonchev–Trinajstić information content (AvgIpc) is 3.32. The molecule has 1 aromatic heterocycles. The van der Waals surface area contributed by atoms with E-state index in [0.29, 0.717) is 5.71 Å². The van der Waals surface area contributed by atoms with Gasteiger partial charge < -0.3 is 0 Å². The lowest BCUT2D eigenvalue weighted by Gasteiger charge is -2.38. The second-order valence-corrected chi connectivity index (χ2v) is 10.9. The third-order valence-corrected chi connectivity index (χ3v) is 7.68. The number of carbonyl (C=O) groups excluding carboxylic acids is 1. The van der Waals surface area contributed by atoms with Crippen LogP contribution in [-0.2, 0) is 4.79 Å². The molecule has 0 atom stereocenters. The van der Waals surface area contributed by atoms with Crippen LogP contribution in [0.15, 0.2) is 65.7 Å². The van der Waals surface area contributed by atoms with Gasteiger partial charge in [-0.05, 0) is 99.8 Å². The van der Waals surface area contributed by atoms with E-state index in [1.54, 1.807) is 11.3 Å². The number of hydrogen-bond acceptors (Lipinski definition) is 4. The van der Waals surface area contributed by atoms with Gasteiger partial charge in [0, 0.05) is 16.7 Å². The molecule has 0 N–H and O–H groups in total. The molecule has 3 heterocycles. The molecule has 0 radical (unpaired) electrons. The van der Waals surface area contributed by atoms with Gasteiger partial charge in [0.05, 0.1) is 27.1 Å². The molecule has 2 aliphatic rings. The Morgan fingerprint density at radius 2 is 1.65 bits per heavy atom. The quantitative estimate of drug-likeness (QED) is 0.314. The van der Waals surface area contributed by atoms with Crippen LogP contribution in [-0.4, -0.2) is 22.1 Å². The summed E-state index contributed by atoms with van der Waals surface area (Å²) in [7, 11) is 0. The Morgan fingerprint density at radius 1 is 0.912 bits per heavy atom. The molecule has 1 amide bonds. The normalized spacial score (nSPS) is 17.4. The number of aryl methyl sites for hydroxylation is 2. The topological polar surface area (TPSA) is 45.6 Å². The van der Waals surface area contributed by atoms with Gasteiger partial charge in [-0.2, -0.15) is 0 Å². The molecule has 0 bridgehead atoms. The molecule has 2 aliphatic heterocycles. The molecule has 0 fully saturated rings. The third-order valence-electron chi connectivity index (χ3n) is 6.61. The Bertz CT molecular complexity index is 1570. The summed E-state index contributed by atoms with van der Waals surface area (Å²) in [4.78, 5) is 25.1. The number of anilines is 1. The van der Waals surface area contributed by atoms with Crippen LogP contribution in [0.25, 0.3) is 26.4 Å². The van der Waals surface area contributed by atoms with E-state index in [9.17, 15) is 4.79 Å². The van der Waals surface area contributed by atoms with Crippen LogP contribution in [0, 0.1) is 13.8 Å². The highest BCUT2D eigenvalue weighted by atomic mass is 32.1. The summed E-state index contributed by atoms with van der Waals surface area (Å²) in [5.74, 6) is -0.0405. The second kappa shape index (κ2) is 7.21. The maximum absolute atomic E-state index is 13.6. The molecule has 0 saturated carbocycles. The highest BCUT2D eigenvalue weighted by Gasteiger charge is 2.45. The fourth-order valence-corrected chi connectivity index (χ4v) is 6.19. The van der Waals surface area contributed by atoms with Crippen molar-refractivity contribution in [3.63, 3.8) is 0 Å². The first-order chi connectivity index (χ1) is 16.2. The number of carbonyl (C=O) groups is 1. The van der Waals surface area contributed by atoms with E-state index in [1.165, 1.54) is 15.8 Å². The standard InChI is InChI=1S/C29H25N3OS/c1-16-6-11-23-24(14-16)34-27(31-23)19-7-9-20(10-8-19)30-25-22-13-17(2)12-21-18(3)15-29(4,5)32(26(21)22)28(25)33/h6-15H,1-5H3. The summed E-state index contributed by atoms with van der Waals surface area (Å²) in [5.41, 5.74) is 9.55. The van der Waals surface area contributed by atoms with E-state index < -0.39 is 5.54 Å². The molecule has 0 spiro atoms. The monoisotopic (exact) mass is 463 g/mol. The van der Waals surface area contributed by atoms with Crippen molar-refractivity contribution < 1.29 is 4.79 Å². The number of allylic oxidation sites excluding steroid dienone is 1. The minimum absolute atomic E-state index is 0.0405. The van der Waals surface area contributed by atoms with Crippen molar-refractivity contribution in [3.8, 4) is 10.6 Å². The van der Waals surface area contributed by atoms with Gasteiger partial charge in [-0.15, -0.1) is 11.3 Å². The van der Waals surface area contributed by atoms with E-state index in [2.05, 4.69) is 71.0 Å². The largest absolute Gasteiger partial charge is 0.297 e. The Kier molecular flexibility index (Phi) is 4.45. The van der Waals surface area contributed by atoms with Crippen molar-refractivity contribution in [2.75, 3.05) is 4.90 Å². The van der Waals surface area contributed by atoms with Crippen LogP contribution in [0.2, 0.25) is 0 Å². The maximum atomic E-state index is 13.6. The number of amides is 1. The van der Waals surface area contributed by atoms with E-state index >= 15 is 0 Å². The van der Waals surface area contributed by atoms with Crippen LogP contribution in [0.4, 0.5) is 11.4 Å². The smallest absolute Gasteiger partial charge is 0.278 e. The van der Waals surface area contributed by atoms with Gasteiger partial charge in [0.1, 0.15) is 10.7 Å². The van der Waals surface area contributed by atoms with E-state index in [-0.39, 0.29) is 5.91 Å². The highest BCUT2D eigenvalue weighted by molar-refractivity contribution is 7.21. The molecule has 3 aromatic carbocycles. The van der Waals surface area contributed by atoms with Crippen molar-refractivity contribution in [2.24, 2.45) is 4.99 Å². The molecule has 0 unspecified atom stereocenters. The van der Waals surface area contributed by atoms with Crippen molar-refractivity contribution in [3.05, 3.63) is 82.9 Å². The number of aliphatic imine (C=N–C) groups is 1. The second-order valence-electron chi connectivity index (χ2n) is 9.83. The zero-order chi connectivity index (χ0) is 23.8. The van der Waals surface area contributed by atoms with Crippen molar-refractivity contribution in [1.29, 1.82) is 0 Å². The molecule has 34 heavy (non-hydrogen) atoms. The SMILES string of the molecule is CC1=CC(C)(C)N2C(=O)C(=Nc3ccc(-c4nc5ccc(C)cc5s4)cc3)c3cc(C)cc1c32. The summed E-state index contributed by atoms with van der Waals surface area (Å²) in [6.45, 7) is 10.5. The average molecular weight is 464 g/mol. The zero-order valence-electron chi connectivity index (χ0n) is 19.9. The van der Waals surface area contributed by atoms with E-state index in [1.807, 2.05) is 29.2 Å². The summed E-state index contributed by atoms with van der Waals surface area (Å²) in [6.07, 6.45) is 2.17. The number of hydrogen-bond donors (Lipinski definition) is 0. The Labute approximate surface area is 203 Å². The number of aromatic nitrogens is 1. The first-order valence-electron chi connectivity index (χ1n) is 11.5. The zero-order valence-corrected chi connectivity index (χ0v) is 20.7. The van der Waals surface area contributed by atoms with E-state index in [4.69, 9.17) is 9.98 Å². The Balaban J connectivity index is 1.41. The van der Waals surface area contributed by atoms with Crippen LogP contribution in [0.1, 0.15) is 43.0 Å². The summed E-state index contributed by atoms with van der Waals surface area (Å²) >= 11 is 1.69. The highest BCUT2D eigenvalue weighted by Crippen LogP contribution is 2.46. The van der Waals surface area contributed by atoms with Gasteiger partial charge in [0.2, 0.25) is 0 Å². The molecule has 6 rings (SSSR count). The minimum atomic E-state index is -0.398. The number of rotatable bonds is 2. The molecule has 168 valence electrons. The summed E-state index contributed by atoms with van der Waals surface area (Å²) in [5, 5.41) is 0.989. The summed E-state index contributed by atoms with van der Waals surface area (Å²) < 4.78 is 1.19. The number of benzene rings is 3. The number of fused-ring (bicyclic) bond motifs is 1. The maximum Gasteiger partial charge on any atom is 0.278 e. The van der Waals surface area contributed by atoms with Crippen LogP contribution < -0.4 is 4.90 Å². The predicted octanol–water partition coefficient (Wildman–Crippen LogP) is 7.24. The van der Waals surface area contributed by atoms with Gasteiger partial charge >= 0.3 is 0 Å². The molecule has 0 saturated heterocycles. The van der Waals surface area contributed by atoms with Crippen LogP contribution >= 0.6 is 11.3 Å². The molecular weight excluding hydrogens is 438 g/mol. The third kappa shape index (κ3) is 3.15. The minimum Gasteiger partial charge on any atom is -0.297 e. The first-order valence-corrected chi connectivity index (χ1v) is 12.3. The van der Waals surface area contributed by atoms with Gasteiger partial charge in [0.15, 0.2) is 0 Å². The number of nitrogens with zero attached hydrogens (tertiary/aromatic N) is 3. The molecular formula is C29H25N3OS.